The fourth-order valence-corrected chi connectivity index (χ4v) is 16.4. The fourth-order valence-electron chi connectivity index (χ4n) is 13.5. The number of amides is 4. The van der Waals surface area contributed by atoms with Crippen molar-refractivity contribution in [3.05, 3.63) is 140 Å². The summed E-state index contributed by atoms with van der Waals surface area (Å²) in [5.74, 6) is -8.73. The van der Waals surface area contributed by atoms with Crippen LogP contribution in [-0.4, -0.2) is 296 Å². The van der Waals surface area contributed by atoms with Gasteiger partial charge >= 0.3 is 71.1 Å². The minimum atomic E-state index is -4.79. The Labute approximate surface area is 769 Å². The van der Waals surface area contributed by atoms with Crippen LogP contribution in [0, 0.1) is 0 Å². The number of nitrogens with two attached hydrogens (primary N) is 4. The molecule has 4 aliphatic heterocycles. The molecule has 0 spiro atoms. The number of nitrogen functional groups attached to an aromatic ring is 4. The number of imidazole rings is 4. The Morgan fingerprint density at radius 1 is 0.343 bits per heavy atom. The number of ether oxygens (including phenoxy) is 9. The minimum Gasteiger partial charge on any atom is -0.507 e. The van der Waals surface area contributed by atoms with Crippen molar-refractivity contribution in [2.24, 2.45) is 0 Å². The number of esters is 5. The van der Waals surface area contributed by atoms with Crippen molar-refractivity contribution in [2.45, 2.75) is 140 Å². The van der Waals surface area contributed by atoms with E-state index >= 15 is 0 Å². The number of aliphatic hydroxyl groups is 4. The normalized spacial score (nSPS) is 22.4. The van der Waals surface area contributed by atoms with E-state index in [-0.39, 0.29) is 90.4 Å². The van der Waals surface area contributed by atoms with E-state index in [2.05, 4.69) is 64.0 Å². The maximum atomic E-state index is 12.7. The van der Waals surface area contributed by atoms with Crippen LogP contribution in [0.4, 0.5) is 23.3 Å². The molecule has 64 heteroatoms. The first kappa shape index (κ1) is 101. The summed E-state index contributed by atoms with van der Waals surface area (Å²) < 4.78 is 178. The molecule has 732 valence electrons. The highest BCUT2D eigenvalue weighted by Gasteiger charge is 2.54. The number of carbonyl (C=O) groups is 9. The Kier molecular flexibility index (Phi) is 31.3. The van der Waals surface area contributed by atoms with E-state index in [9.17, 15) is 107 Å². The number of hydrogen-bond acceptors (Lipinski definition) is 52. The lowest BCUT2D eigenvalue weighted by Gasteiger charge is -2.23. The first-order chi connectivity index (χ1) is 64.7. The van der Waals surface area contributed by atoms with Crippen LogP contribution in [0.3, 0.4) is 0 Å². The molecule has 4 saturated heterocycles. The summed E-state index contributed by atoms with van der Waals surface area (Å²) in [5, 5.41) is 60.4. The molecular weight excluding hydrogens is 1920 g/mol. The molecule has 16 atom stereocenters. The second-order valence-electron chi connectivity index (χ2n) is 28.9. The van der Waals surface area contributed by atoms with Gasteiger partial charge in [-0.15, -0.1) is 0 Å². The number of nitrogens with zero attached hydrogens (tertiary/aromatic N) is 16. The predicted octanol–water partition coefficient (Wildman–Crippen LogP) is -4.80. The lowest BCUT2D eigenvalue weighted by Crippen LogP contribution is -2.41. The van der Waals surface area contributed by atoms with Gasteiger partial charge < -0.3 is 96.2 Å². The molecule has 0 radical (unpaired) electrons. The highest BCUT2D eigenvalue weighted by Crippen LogP contribution is 2.40. The van der Waals surface area contributed by atoms with E-state index < -0.39 is 231 Å². The molecule has 0 aliphatic carbocycles. The smallest absolute Gasteiger partial charge is 0.362 e. The number of benzene rings is 3. The number of nitrogens with one attached hydrogen (secondary N) is 4. The van der Waals surface area contributed by atoms with E-state index in [4.69, 9.17) is 78.1 Å². The molecule has 8 aromatic heterocycles. The maximum absolute atomic E-state index is 12.7. The van der Waals surface area contributed by atoms with E-state index in [0.29, 0.717) is 0 Å². The third kappa shape index (κ3) is 24.3. The average molecular weight is 2000 g/mol. The van der Waals surface area contributed by atoms with E-state index in [1.54, 1.807) is 18.9 Å². The molecule has 4 amide bonds. The van der Waals surface area contributed by atoms with Crippen molar-refractivity contribution >= 4 is 163 Å². The number of rotatable bonds is 28. The van der Waals surface area contributed by atoms with Crippen LogP contribution in [0.2, 0.25) is 0 Å². The number of anilines is 4. The Bertz CT molecular complexity index is 6900. The Hall–Kier alpha value is -14.8. The van der Waals surface area contributed by atoms with Gasteiger partial charge in [-0.3, -0.25) is 78.2 Å². The van der Waals surface area contributed by atoms with Gasteiger partial charge in [0.15, 0.2) is 95.2 Å². The standard InChI is InChI=1S/C23H24N6O11S.C21H22N6O10S.C17H18N6O8S.C12H16N6O7S/c1-11(30)37-15-7-5-4-6-14(15)22(33)28-41(34,35)36-8-16-18(38-12(2)31)19(39-13(3)32)23(40-16)29-10-27-17-20(24)25-9-26-21(17)29;1-10(28)35-16-14(7-34-38(32,33)26-20(31)12-5-3-4-6-13(12)30)37-21(17(16)36-11(2)29)27-9-25-15-18(22)23-8-24-19(15)27;18-14-11-15(20-6-19-14)23(7-21-11)17-13(26)12(25)10(31-17)5-30-32(28,29)22-16(27)8-3-1-2-4-9(8)24;1-5(19)17-26(22,23)24-2-6-8(20)9(21)12(25-6)18-4-16-7-10(13)14-3-15-11(7)18/h4-7,9-10,16,18-19,23H,8H2,1-3H3,(H,28,33)(H2,24,25,26);3-6,8-9,14,16-17,21,30H,7H2,1-2H3,(H,26,31)(H2,22,23,24);1-4,6-7,10,12-13,17,24-26H,5H2,(H,22,27)(H2,18,19,20);3-4,6,8-9,12,20-21H,2H2,1H3,(H,17,19)(H2,13,14,15)/t16-,18-,19-,23-;14-,16-,17-,21-;10-,12-,13-,17-;6-,8-,9-,12-/m1111/s1. The highest BCUT2D eigenvalue weighted by molar-refractivity contribution is 7.86. The zero-order valence-corrected chi connectivity index (χ0v) is 74.4. The molecule has 18 N–H and O–H groups in total. The summed E-state index contributed by atoms with van der Waals surface area (Å²) in [6.07, 6.45) is -11.0. The lowest BCUT2D eigenvalue weighted by molar-refractivity contribution is -0.165. The van der Waals surface area contributed by atoms with Gasteiger partial charge in [0.1, 0.15) is 113 Å². The molecule has 4 aliphatic rings. The molecule has 3 aromatic carbocycles. The maximum Gasteiger partial charge on any atom is 0.362 e. The fraction of sp³-hybridized carbons (Fsp3) is 0.356. The third-order valence-electron chi connectivity index (χ3n) is 19.3. The lowest BCUT2D eigenvalue weighted by atomic mass is 10.1. The Balaban J connectivity index is 0.000000166. The molecule has 137 heavy (non-hydrogen) atoms. The Morgan fingerprint density at radius 3 is 0.920 bits per heavy atom. The number of aromatic nitrogens is 16. The monoisotopic (exact) mass is 2000 g/mol. The molecule has 0 saturated carbocycles. The van der Waals surface area contributed by atoms with Crippen molar-refractivity contribution in [3.63, 3.8) is 0 Å². The summed E-state index contributed by atoms with van der Waals surface area (Å²) in [6.45, 7) is 3.64. The van der Waals surface area contributed by atoms with Crippen molar-refractivity contribution in [1.82, 2.24) is 97.0 Å². The van der Waals surface area contributed by atoms with Gasteiger partial charge in [0.2, 0.25) is 5.91 Å². The molecule has 12 heterocycles. The van der Waals surface area contributed by atoms with Crippen LogP contribution in [0.5, 0.6) is 17.2 Å². The third-order valence-corrected chi connectivity index (χ3v) is 22.9. The number of aliphatic hydroxyl groups excluding tert-OH is 4. The van der Waals surface area contributed by atoms with Crippen LogP contribution in [0.15, 0.2) is 123 Å². The van der Waals surface area contributed by atoms with Gasteiger partial charge in [-0.1, -0.05) is 36.4 Å². The first-order valence-electron chi connectivity index (χ1n) is 39.1. The largest absolute Gasteiger partial charge is 0.507 e. The van der Waals surface area contributed by atoms with Crippen molar-refractivity contribution in [2.75, 3.05) is 49.4 Å². The van der Waals surface area contributed by atoms with Crippen molar-refractivity contribution < 1.29 is 167 Å². The van der Waals surface area contributed by atoms with Crippen molar-refractivity contribution in [1.29, 1.82) is 0 Å². The van der Waals surface area contributed by atoms with Gasteiger partial charge in [-0.25, -0.2) is 78.7 Å². The van der Waals surface area contributed by atoms with Crippen LogP contribution in [0.25, 0.3) is 44.7 Å². The number of fused-ring (bicyclic) bond motifs is 4. The number of phenolic OH excluding ortho intramolecular Hbond substituents is 2. The van der Waals surface area contributed by atoms with Gasteiger partial charge in [-0.05, 0) is 36.4 Å². The number of para-hydroxylation sites is 3. The summed E-state index contributed by atoms with van der Waals surface area (Å²) in [4.78, 5) is 155. The first-order valence-corrected chi connectivity index (χ1v) is 44.7. The topological polar surface area (TPSA) is 858 Å². The van der Waals surface area contributed by atoms with E-state index in [0.717, 1.165) is 41.5 Å². The zero-order chi connectivity index (χ0) is 99.6. The zero-order valence-electron chi connectivity index (χ0n) is 71.1. The number of hydrogen-bond donors (Lipinski definition) is 14. The van der Waals surface area contributed by atoms with Crippen LogP contribution in [0.1, 0.15) is 97.5 Å². The predicted molar refractivity (Wildman–Crippen MR) is 450 cm³/mol. The van der Waals surface area contributed by atoms with Crippen LogP contribution >= 0.6 is 0 Å². The quantitative estimate of drug-likeness (QED) is 0.0124. The van der Waals surface area contributed by atoms with Gasteiger partial charge in [-0.2, -0.15) is 33.7 Å². The summed E-state index contributed by atoms with van der Waals surface area (Å²) in [7, 11) is -18.5. The van der Waals surface area contributed by atoms with Gasteiger partial charge in [0.25, 0.3) is 17.7 Å². The number of aromatic hydroxyl groups is 2. The highest BCUT2D eigenvalue weighted by atomic mass is 32.2. The van der Waals surface area contributed by atoms with Gasteiger partial charge in [0.05, 0.1) is 68.4 Å². The van der Waals surface area contributed by atoms with Crippen LogP contribution < -0.4 is 46.6 Å². The van der Waals surface area contributed by atoms with Crippen LogP contribution in [-0.2, 0) is 125 Å². The second-order valence-corrected chi connectivity index (χ2v) is 34.3. The van der Waals surface area contributed by atoms with E-state index in [1.807, 2.05) is 0 Å². The Morgan fingerprint density at radius 2 is 0.613 bits per heavy atom. The van der Waals surface area contributed by atoms with Crippen molar-refractivity contribution in [3.8, 4) is 17.2 Å². The average Bonchev–Trinajstić information content (AvgIpc) is 1.63. The summed E-state index contributed by atoms with van der Waals surface area (Å²) >= 11 is 0. The molecule has 60 nitrogen and oxygen atoms in total. The number of phenols is 2. The molecule has 0 unspecified atom stereocenters. The summed E-state index contributed by atoms with van der Waals surface area (Å²) in [5.41, 5.74) is 24.1. The minimum absolute atomic E-state index is 0.0595. The number of carbonyl (C=O) groups excluding carboxylic acids is 9. The molecule has 15 rings (SSSR count). The SMILES string of the molecule is CC(=O)NS(=O)(=O)OC[C@H]1O[C@@H](n2cnc3c(N)ncnc32)[C@H](O)[C@@H]1O.CC(=O)O[C@@H]1[C@H](OC(C)=O)[C@@H](COS(=O)(=O)NC(=O)c2ccccc2O)O[C@H]1n1cnc2c(N)ncnc21.CC(=O)Oc1ccccc1C(=O)NS(=O)(=O)OC[C@H]1O[C@@H](n2cnc3c(N)ncnc32)[C@H](OC(C)=O)[C@@H]1OC(C)=O.Nc1ncnc2c1ncn2[C@@H]1O[C@H](COS(=O)(=O)NC(=O)c2ccccc2O)[C@@H](O)[C@H]1O. The van der Waals surface area contributed by atoms with Gasteiger partial charge in [0, 0.05) is 41.5 Å². The molecule has 0 bridgehead atoms. The molecule has 11 aromatic rings. The summed E-state index contributed by atoms with van der Waals surface area (Å²) in [6, 6.07) is 16.0. The second kappa shape index (κ2) is 42.4. The molecule has 4 fully saturated rings. The van der Waals surface area contributed by atoms with E-state index in [1.165, 1.54) is 142 Å². The molecular formula is C73H80N24O36S4.